The fraction of sp³-hybridized carbons (Fsp3) is 0.450. The van der Waals surface area contributed by atoms with E-state index in [4.69, 9.17) is 0 Å². The van der Waals surface area contributed by atoms with E-state index in [2.05, 4.69) is 24.1 Å². The van der Waals surface area contributed by atoms with Crippen LogP contribution in [0.1, 0.15) is 33.1 Å². The molecule has 0 unspecified atom stereocenters. The SMILES string of the molecule is CC(C)CC(=O)N1CCC(C(=O)Nc2cccc3cccnc23)CC1. The smallest absolute Gasteiger partial charge is 0.227 e. The number of fused-ring (bicyclic) bond motifs is 1. The van der Waals surface area contributed by atoms with E-state index in [9.17, 15) is 9.59 Å². The van der Waals surface area contributed by atoms with Crippen LogP contribution in [0.25, 0.3) is 10.9 Å². The molecule has 5 heteroatoms. The minimum atomic E-state index is -0.0536. The number of carbonyl (C=O) groups is 2. The molecule has 1 aromatic heterocycles. The van der Waals surface area contributed by atoms with E-state index in [0.29, 0.717) is 38.3 Å². The molecule has 1 aromatic carbocycles. The topological polar surface area (TPSA) is 62.3 Å². The first-order valence-electron chi connectivity index (χ1n) is 8.97. The van der Waals surface area contributed by atoms with Gasteiger partial charge in [-0.15, -0.1) is 0 Å². The van der Waals surface area contributed by atoms with Crippen molar-refractivity contribution in [2.45, 2.75) is 33.1 Å². The summed E-state index contributed by atoms with van der Waals surface area (Å²) in [6.45, 7) is 5.43. The summed E-state index contributed by atoms with van der Waals surface area (Å²) in [6.07, 6.45) is 3.75. The fourth-order valence-electron chi connectivity index (χ4n) is 3.31. The fourth-order valence-corrected chi connectivity index (χ4v) is 3.31. The van der Waals surface area contributed by atoms with Crippen molar-refractivity contribution in [2.24, 2.45) is 11.8 Å². The molecule has 132 valence electrons. The standard InChI is InChI=1S/C20H25N3O2/c1-14(2)13-18(24)23-11-8-16(9-12-23)20(25)22-17-7-3-5-15-6-4-10-21-19(15)17/h3-7,10,14,16H,8-9,11-13H2,1-2H3,(H,22,25). The van der Waals surface area contributed by atoms with Crippen LogP contribution in [0.15, 0.2) is 36.5 Å². The largest absolute Gasteiger partial charge is 0.343 e. The molecule has 1 saturated heterocycles. The molecule has 1 aliphatic heterocycles. The van der Waals surface area contributed by atoms with Crippen molar-refractivity contribution < 1.29 is 9.59 Å². The molecule has 0 atom stereocenters. The lowest BCUT2D eigenvalue weighted by Gasteiger charge is -2.31. The maximum Gasteiger partial charge on any atom is 0.227 e. The van der Waals surface area contributed by atoms with Crippen LogP contribution in [0.4, 0.5) is 5.69 Å². The third kappa shape index (κ3) is 4.16. The molecule has 0 aliphatic carbocycles. The Bertz CT molecular complexity index is 759. The molecular weight excluding hydrogens is 314 g/mol. The predicted octanol–water partition coefficient (Wildman–Crippen LogP) is 3.46. The zero-order valence-corrected chi connectivity index (χ0v) is 14.9. The Morgan fingerprint density at radius 2 is 1.92 bits per heavy atom. The normalized spacial score (nSPS) is 15.6. The summed E-state index contributed by atoms with van der Waals surface area (Å²) < 4.78 is 0. The summed E-state index contributed by atoms with van der Waals surface area (Å²) in [5.74, 6) is 0.538. The number of amides is 2. The summed E-state index contributed by atoms with van der Waals surface area (Å²) in [7, 11) is 0. The maximum atomic E-state index is 12.6. The molecule has 1 fully saturated rings. The van der Waals surface area contributed by atoms with Crippen LogP contribution in [-0.4, -0.2) is 34.8 Å². The molecule has 5 nitrogen and oxygen atoms in total. The molecule has 3 rings (SSSR count). The van der Waals surface area contributed by atoms with Crippen LogP contribution in [-0.2, 0) is 9.59 Å². The van der Waals surface area contributed by atoms with Gasteiger partial charge in [-0.05, 0) is 30.9 Å². The van der Waals surface area contributed by atoms with Crippen LogP contribution in [0.3, 0.4) is 0 Å². The van der Waals surface area contributed by atoms with E-state index in [1.54, 1.807) is 6.20 Å². The lowest BCUT2D eigenvalue weighted by atomic mass is 9.95. The molecule has 1 aliphatic rings. The molecule has 2 amide bonds. The van der Waals surface area contributed by atoms with Crippen LogP contribution in [0.2, 0.25) is 0 Å². The van der Waals surface area contributed by atoms with Crippen LogP contribution in [0.5, 0.6) is 0 Å². The van der Waals surface area contributed by atoms with Crippen LogP contribution < -0.4 is 5.32 Å². The monoisotopic (exact) mass is 339 g/mol. The van der Waals surface area contributed by atoms with E-state index in [-0.39, 0.29) is 17.7 Å². The minimum absolute atomic E-state index is 0.0223. The predicted molar refractivity (Wildman–Crippen MR) is 99.1 cm³/mol. The number of nitrogens with zero attached hydrogens (tertiary/aromatic N) is 2. The van der Waals surface area contributed by atoms with Crippen molar-refractivity contribution in [3.05, 3.63) is 36.5 Å². The molecule has 0 spiro atoms. The Morgan fingerprint density at radius 3 is 2.64 bits per heavy atom. The van der Waals surface area contributed by atoms with E-state index in [1.807, 2.05) is 35.2 Å². The molecule has 0 saturated carbocycles. The van der Waals surface area contributed by atoms with Crippen molar-refractivity contribution in [2.75, 3.05) is 18.4 Å². The number of piperidine rings is 1. The molecule has 2 heterocycles. The number of hydrogen-bond donors (Lipinski definition) is 1. The van der Waals surface area contributed by atoms with Gasteiger partial charge in [-0.1, -0.05) is 32.0 Å². The van der Waals surface area contributed by atoms with E-state index in [0.717, 1.165) is 16.6 Å². The first-order valence-corrected chi connectivity index (χ1v) is 8.97. The van der Waals surface area contributed by atoms with Gasteiger partial charge in [-0.3, -0.25) is 14.6 Å². The van der Waals surface area contributed by atoms with Crippen molar-refractivity contribution >= 4 is 28.4 Å². The van der Waals surface area contributed by atoms with E-state index in [1.165, 1.54) is 0 Å². The highest BCUT2D eigenvalue weighted by Gasteiger charge is 2.27. The number of nitrogens with one attached hydrogen (secondary N) is 1. The minimum Gasteiger partial charge on any atom is -0.343 e. The highest BCUT2D eigenvalue weighted by Crippen LogP contribution is 2.24. The number of hydrogen-bond acceptors (Lipinski definition) is 3. The number of anilines is 1. The zero-order valence-electron chi connectivity index (χ0n) is 14.9. The third-order valence-electron chi connectivity index (χ3n) is 4.69. The lowest BCUT2D eigenvalue weighted by molar-refractivity contribution is -0.135. The Kier molecular flexibility index (Phi) is 5.31. The number of rotatable bonds is 4. The maximum absolute atomic E-state index is 12.6. The van der Waals surface area contributed by atoms with E-state index >= 15 is 0 Å². The van der Waals surface area contributed by atoms with Crippen LogP contribution >= 0.6 is 0 Å². The van der Waals surface area contributed by atoms with Gasteiger partial charge in [0, 0.05) is 37.0 Å². The Hall–Kier alpha value is -2.43. The average Bonchev–Trinajstić information content (AvgIpc) is 2.61. The van der Waals surface area contributed by atoms with Gasteiger partial charge in [0.05, 0.1) is 11.2 Å². The number of aromatic nitrogens is 1. The highest BCUT2D eigenvalue weighted by molar-refractivity contribution is 6.01. The van der Waals surface area contributed by atoms with Gasteiger partial charge in [0.25, 0.3) is 0 Å². The first kappa shape index (κ1) is 17.4. The zero-order chi connectivity index (χ0) is 17.8. The Labute approximate surface area is 148 Å². The van der Waals surface area contributed by atoms with Gasteiger partial charge >= 0.3 is 0 Å². The summed E-state index contributed by atoms with van der Waals surface area (Å²) in [4.78, 5) is 31.0. The molecule has 0 bridgehead atoms. The number of likely N-dealkylation sites (tertiary alicyclic amines) is 1. The van der Waals surface area contributed by atoms with Gasteiger partial charge in [0.15, 0.2) is 0 Å². The summed E-state index contributed by atoms with van der Waals surface area (Å²) in [5, 5.41) is 4.03. The second kappa shape index (κ2) is 7.64. The number of pyridine rings is 1. The number of carbonyl (C=O) groups excluding carboxylic acids is 2. The van der Waals surface area contributed by atoms with Gasteiger partial charge in [0.2, 0.25) is 11.8 Å². The van der Waals surface area contributed by atoms with Gasteiger partial charge in [-0.2, -0.15) is 0 Å². The number of benzene rings is 1. The average molecular weight is 339 g/mol. The molecule has 0 radical (unpaired) electrons. The van der Waals surface area contributed by atoms with Crippen molar-refractivity contribution in [3.8, 4) is 0 Å². The second-order valence-corrected chi connectivity index (χ2v) is 7.12. The van der Waals surface area contributed by atoms with Gasteiger partial charge in [-0.25, -0.2) is 0 Å². The van der Waals surface area contributed by atoms with Crippen molar-refractivity contribution in [1.29, 1.82) is 0 Å². The molecule has 25 heavy (non-hydrogen) atoms. The Morgan fingerprint density at radius 1 is 1.20 bits per heavy atom. The molecular formula is C20H25N3O2. The lowest BCUT2D eigenvalue weighted by Crippen LogP contribution is -2.41. The van der Waals surface area contributed by atoms with E-state index < -0.39 is 0 Å². The Balaban J connectivity index is 1.60. The number of para-hydroxylation sites is 1. The highest BCUT2D eigenvalue weighted by atomic mass is 16.2. The quantitative estimate of drug-likeness (QED) is 0.928. The van der Waals surface area contributed by atoms with Gasteiger partial charge < -0.3 is 10.2 Å². The van der Waals surface area contributed by atoms with Crippen molar-refractivity contribution in [1.82, 2.24) is 9.88 Å². The first-order chi connectivity index (χ1) is 12.0. The summed E-state index contributed by atoms with van der Waals surface area (Å²) in [5.41, 5.74) is 1.56. The second-order valence-electron chi connectivity index (χ2n) is 7.12. The summed E-state index contributed by atoms with van der Waals surface area (Å²) in [6, 6.07) is 9.66. The summed E-state index contributed by atoms with van der Waals surface area (Å²) >= 11 is 0. The van der Waals surface area contributed by atoms with Crippen LogP contribution in [0, 0.1) is 11.8 Å². The third-order valence-corrected chi connectivity index (χ3v) is 4.69. The molecule has 1 N–H and O–H groups in total. The van der Waals surface area contributed by atoms with Gasteiger partial charge in [0.1, 0.15) is 0 Å². The van der Waals surface area contributed by atoms with Crippen molar-refractivity contribution in [3.63, 3.8) is 0 Å². The molecule has 2 aromatic rings.